The average molecular weight is 314 g/mol. The summed E-state index contributed by atoms with van der Waals surface area (Å²) in [6.45, 7) is 3.92. The molecule has 2 aromatic rings. The topological polar surface area (TPSA) is 75.4 Å². The summed E-state index contributed by atoms with van der Waals surface area (Å²) in [7, 11) is 0. The summed E-state index contributed by atoms with van der Waals surface area (Å²) in [6.07, 6.45) is 0.0834. The molecule has 3 unspecified atom stereocenters. The van der Waals surface area contributed by atoms with E-state index in [1.165, 1.54) is 12.1 Å². The summed E-state index contributed by atoms with van der Waals surface area (Å²) in [5, 5.41) is 24.4. The van der Waals surface area contributed by atoms with Crippen molar-refractivity contribution in [2.75, 3.05) is 0 Å². The predicted octanol–water partition coefficient (Wildman–Crippen LogP) is 3.24. The van der Waals surface area contributed by atoms with Crippen LogP contribution in [0.15, 0.2) is 54.6 Å². The quantitative estimate of drug-likeness (QED) is 0.607. The van der Waals surface area contributed by atoms with Gasteiger partial charge in [-0.3, -0.25) is 10.1 Å². The molecule has 0 fully saturated rings. The fourth-order valence-electron chi connectivity index (χ4n) is 2.52. The first-order valence-electron chi connectivity index (χ1n) is 7.69. The third-order valence-corrected chi connectivity index (χ3v) is 3.98. The number of hydrogen-bond acceptors (Lipinski definition) is 4. The molecule has 0 aliphatic carbocycles. The highest BCUT2D eigenvalue weighted by Gasteiger charge is 2.18. The number of nitro benzene ring substituents is 1. The summed E-state index contributed by atoms with van der Waals surface area (Å²) in [6, 6.07) is 16.2. The van der Waals surface area contributed by atoms with Gasteiger partial charge in [-0.25, -0.2) is 0 Å². The summed E-state index contributed by atoms with van der Waals surface area (Å²) >= 11 is 0. The molecular formula is C18H22N2O3. The van der Waals surface area contributed by atoms with Gasteiger partial charge < -0.3 is 10.4 Å². The SMILES string of the molecule is CC(NC(C)C(O)Cc1ccccc1)c1ccc([N+](=O)[O-])cc1. The van der Waals surface area contributed by atoms with Crippen LogP contribution in [0.3, 0.4) is 0 Å². The zero-order chi connectivity index (χ0) is 16.8. The number of nitro groups is 1. The molecular weight excluding hydrogens is 292 g/mol. The molecule has 0 saturated heterocycles. The minimum absolute atomic E-state index is 0.00349. The Kier molecular flexibility index (Phi) is 5.84. The Hall–Kier alpha value is -2.24. The summed E-state index contributed by atoms with van der Waals surface area (Å²) in [5.41, 5.74) is 2.13. The number of rotatable bonds is 7. The zero-order valence-corrected chi connectivity index (χ0v) is 13.3. The maximum atomic E-state index is 10.7. The van der Waals surface area contributed by atoms with Gasteiger partial charge in [0.2, 0.25) is 0 Å². The van der Waals surface area contributed by atoms with Crippen molar-refractivity contribution >= 4 is 5.69 Å². The highest BCUT2D eigenvalue weighted by Crippen LogP contribution is 2.18. The van der Waals surface area contributed by atoms with Crippen LogP contribution < -0.4 is 5.32 Å². The minimum atomic E-state index is -0.502. The minimum Gasteiger partial charge on any atom is -0.391 e. The van der Waals surface area contributed by atoms with Crippen LogP contribution in [-0.4, -0.2) is 22.2 Å². The monoisotopic (exact) mass is 314 g/mol. The van der Waals surface area contributed by atoms with Crippen LogP contribution in [0.25, 0.3) is 0 Å². The van der Waals surface area contributed by atoms with Crippen LogP contribution in [0.5, 0.6) is 0 Å². The van der Waals surface area contributed by atoms with Crippen LogP contribution in [-0.2, 0) is 6.42 Å². The van der Waals surface area contributed by atoms with Gasteiger partial charge >= 0.3 is 0 Å². The van der Waals surface area contributed by atoms with Gasteiger partial charge in [0, 0.05) is 24.2 Å². The van der Waals surface area contributed by atoms with Gasteiger partial charge in [0.1, 0.15) is 0 Å². The Morgan fingerprint density at radius 2 is 1.70 bits per heavy atom. The average Bonchev–Trinajstić information content (AvgIpc) is 2.55. The first-order chi connectivity index (χ1) is 11.0. The summed E-state index contributed by atoms with van der Waals surface area (Å²) in [4.78, 5) is 10.3. The van der Waals surface area contributed by atoms with Crippen molar-refractivity contribution in [1.29, 1.82) is 0 Å². The van der Waals surface area contributed by atoms with Gasteiger partial charge in [0.05, 0.1) is 11.0 Å². The molecule has 0 heterocycles. The molecule has 5 nitrogen and oxygen atoms in total. The lowest BCUT2D eigenvalue weighted by molar-refractivity contribution is -0.384. The van der Waals surface area contributed by atoms with Crippen molar-refractivity contribution < 1.29 is 10.0 Å². The molecule has 23 heavy (non-hydrogen) atoms. The lowest BCUT2D eigenvalue weighted by atomic mass is 10.0. The fourth-order valence-corrected chi connectivity index (χ4v) is 2.52. The number of nitrogens with zero attached hydrogens (tertiary/aromatic N) is 1. The van der Waals surface area contributed by atoms with Crippen molar-refractivity contribution in [3.05, 3.63) is 75.8 Å². The molecule has 0 aromatic heterocycles. The Balaban J connectivity index is 1.93. The van der Waals surface area contributed by atoms with E-state index in [2.05, 4.69) is 5.32 Å². The van der Waals surface area contributed by atoms with Crippen molar-refractivity contribution in [1.82, 2.24) is 5.32 Å². The molecule has 122 valence electrons. The predicted molar refractivity (Wildman–Crippen MR) is 90.3 cm³/mol. The van der Waals surface area contributed by atoms with Crippen molar-refractivity contribution in [2.24, 2.45) is 0 Å². The first-order valence-corrected chi connectivity index (χ1v) is 7.69. The lowest BCUT2D eigenvalue weighted by Crippen LogP contribution is -2.39. The van der Waals surface area contributed by atoms with Gasteiger partial charge in [-0.2, -0.15) is 0 Å². The lowest BCUT2D eigenvalue weighted by Gasteiger charge is -2.24. The van der Waals surface area contributed by atoms with Crippen LogP contribution in [0, 0.1) is 10.1 Å². The number of benzene rings is 2. The van der Waals surface area contributed by atoms with Crippen molar-refractivity contribution in [3.8, 4) is 0 Å². The Labute approximate surface area is 136 Å². The molecule has 2 rings (SSSR count). The molecule has 0 saturated carbocycles. The normalized spacial score (nSPS) is 14.9. The highest BCUT2D eigenvalue weighted by molar-refractivity contribution is 5.34. The summed E-state index contributed by atoms with van der Waals surface area (Å²) in [5.74, 6) is 0. The van der Waals surface area contributed by atoms with Crippen molar-refractivity contribution in [2.45, 2.75) is 38.5 Å². The second-order valence-electron chi connectivity index (χ2n) is 5.78. The Morgan fingerprint density at radius 1 is 1.09 bits per heavy atom. The van der Waals surface area contributed by atoms with Gasteiger partial charge in [-0.15, -0.1) is 0 Å². The van der Waals surface area contributed by atoms with Crippen molar-refractivity contribution in [3.63, 3.8) is 0 Å². The molecule has 0 radical (unpaired) electrons. The van der Waals surface area contributed by atoms with E-state index in [4.69, 9.17) is 0 Å². The van der Waals surface area contributed by atoms with Crippen LogP contribution in [0.1, 0.15) is 31.0 Å². The molecule has 0 amide bonds. The molecule has 0 bridgehead atoms. The second-order valence-corrected chi connectivity index (χ2v) is 5.78. The Morgan fingerprint density at radius 3 is 2.26 bits per heavy atom. The van der Waals surface area contributed by atoms with Gasteiger partial charge in [0.15, 0.2) is 0 Å². The highest BCUT2D eigenvalue weighted by atomic mass is 16.6. The fraction of sp³-hybridized carbons (Fsp3) is 0.333. The van der Waals surface area contributed by atoms with E-state index in [0.717, 1.165) is 11.1 Å². The third kappa shape index (κ3) is 4.87. The smallest absolute Gasteiger partial charge is 0.269 e. The number of non-ortho nitro benzene ring substituents is 1. The van der Waals surface area contributed by atoms with E-state index >= 15 is 0 Å². The maximum Gasteiger partial charge on any atom is 0.269 e. The van der Waals surface area contributed by atoms with E-state index in [-0.39, 0.29) is 17.8 Å². The van der Waals surface area contributed by atoms with Crippen LogP contribution >= 0.6 is 0 Å². The van der Waals surface area contributed by atoms with E-state index in [9.17, 15) is 15.2 Å². The van der Waals surface area contributed by atoms with E-state index in [1.54, 1.807) is 12.1 Å². The standard InChI is InChI=1S/C18H22N2O3/c1-13(16-8-10-17(11-9-16)20(22)23)19-14(2)18(21)12-15-6-4-3-5-7-15/h3-11,13-14,18-19,21H,12H2,1-2H3. The zero-order valence-electron chi connectivity index (χ0n) is 13.3. The largest absolute Gasteiger partial charge is 0.391 e. The number of aliphatic hydroxyl groups is 1. The summed E-state index contributed by atoms with van der Waals surface area (Å²) < 4.78 is 0. The molecule has 3 atom stereocenters. The third-order valence-electron chi connectivity index (χ3n) is 3.98. The molecule has 2 aromatic carbocycles. The van der Waals surface area contributed by atoms with E-state index < -0.39 is 11.0 Å². The maximum absolute atomic E-state index is 10.7. The molecule has 0 aliphatic heterocycles. The van der Waals surface area contributed by atoms with Gasteiger partial charge in [-0.05, 0) is 31.4 Å². The number of aliphatic hydroxyl groups excluding tert-OH is 1. The molecule has 2 N–H and O–H groups in total. The van der Waals surface area contributed by atoms with Gasteiger partial charge in [0.25, 0.3) is 5.69 Å². The van der Waals surface area contributed by atoms with Crippen LogP contribution in [0.4, 0.5) is 5.69 Å². The first kappa shape index (κ1) is 17.1. The Bertz CT molecular complexity index is 628. The van der Waals surface area contributed by atoms with E-state index in [1.807, 2.05) is 44.2 Å². The second kappa shape index (κ2) is 7.85. The molecule has 0 spiro atoms. The number of nitrogens with one attached hydrogen (secondary N) is 1. The van der Waals surface area contributed by atoms with Crippen LogP contribution in [0.2, 0.25) is 0 Å². The van der Waals surface area contributed by atoms with Gasteiger partial charge in [-0.1, -0.05) is 42.5 Å². The number of hydrogen-bond donors (Lipinski definition) is 2. The van der Waals surface area contributed by atoms with E-state index in [0.29, 0.717) is 6.42 Å². The molecule has 5 heteroatoms. The molecule has 0 aliphatic rings.